The van der Waals surface area contributed by atoms with Crippen LogP contribution in [0.2, 0.25) is 0 Å². The number of esters is 1. The fraction of sp³-hybridized carbons (Fsp3) is 0.217. The Morgan fingerprint density at radius 1 is 0.933 bits per heavy atom. The van der Waals surface area contributed by atoms with Crippen molar-refractivity contribution in [2.75, 3.05) is 14.2 Å². The van der Waals surface area contributed by atoms with Gasteiger partial charge in [-0.25, -0.2) is 4.98 Å². The highest BCUT2D eigenvalue weighted by Gasteiger charge is 2.17. The van der Waals surface area contributed by atoms with Gasteiger partial charge in [0.2, 0.25) is 0 Å². The fourth-order valence-corrected chi connectivity index (χ4v) is 3.24. The SMILES string of the molecule is COC(=O)Cc1ccc(-c2ccc(-c3nc(C(N)=O)c(C)nc3C)c(OC)c2)cc1. The number of ether oxygens (including phenoxy) is 2. The van der Waals surface area contributed by atoms with E-state index >= 15 is 0 Å². The predicted octanol–water partition coefficient (Wildman–Crippen LogP) is 3.25. The lowest BCUT2D eigenvalue weighted by molar-refractivity contribution is -0.139. The molecule has 0 saturated heterocycles. The van der Waals surface area contributed by atoms with Crippen LogP contribution in [0.4, 0.5) is 0 Å². The van der Waals surface area contributed by atoms with Crippen LogP contribution in [0.3, 0.4) is 0 Å². The van der Waals surface area contributed by atoms with Crippen molar-refractivity contribution in [3.8, 4) is 28.1 Å². The van der Waals surface area contributed by atoms with E-state index < -0.39 is 5.91 Å². The van der Waals surface area contributed by atoms with Gasteiger partial charge < -0.3 is 15.2 Å². The lowest BCUT2D eigenvalue weighted by Crippen LogP contribution is -2.17. The Morgan fingerprint density at radius 2 is 1.60 bits per heavy atom. The quantitative estimate of drug-likeness (QED) is 0.631. The molecule has 0 aliphatic carbocycles. The fourth-order valence-electron chi connectivity index (χ4n) is 3.24. The molecule has 3 aromatic rings. The number of methoxy groups -OCH3 is 2. The molecule has 7 heteroatoms. The topological polar surface area (TPSA) is 104 Å². The number of nitrogens with two attached hydrogens (primary N) is 1. The summed E-state index contributed by atoms with van der Waals surface area (Å²) >= 11 is 0. The summed E-state index contributed by atoms with van der Waals surface area (Å²) in [6.07, 6.45) is 0.229. The second-order valence-corrected chi connectivity index (χ2v) is 6.82. The van der Waals surface area contributed by atoms with Gasteiger partial charge in [0.15, 0.2) is 0 Å². The molecule has 0 radical (unpaired) electrons. The number of amides is 1. The summed E-state index contributed by atoms with van der Waals surface area (Å²) in [4.78, 5) is 32.0. The predicted molar refractivity (Wildman–Crippen MR) is 113 cm³/mol. The Kier molecular flexibility index (Phi) is 6.11. The summed E-state index contributed by atoms with van der Waals surface area (Å²) in [7, 11) is 2.95. The average molecular weight is 405 g/mol. The van der Waals surface area contributed by atoms with Gasteiger partial charge in [-0.15, -0.1) is 0 Å². The van der Waals surface area contributed by atoms with Crippen LogP contribution in [-0.2, 0) is 16.0 Å². The third-order valence-corrected chi connectivity index (χ3v) is 4.80. The molecule has 2 aromatic carbocycles. The van der Waals surface area contributed by atoms with Crippen LogP contribution >= 0.6 is 0 Å². The zero-order valence-corrected chi connectivity index (χ0v) is 17.4. The monoisotopic (exact) mass is 405 g/mol. The molecular weight excluding hydrogens is 382 g/mol. The molecule has 3 rings (SSSR count). The van der Waals surface area contributed by atoms with Crippen LogP contribution in [0.1, 0.15) is 27.4 Å². The maximum absolute atomic E-state index is 11.7. The molecule has 2 N–H and O–H groups in total. The van der Waals surface area contributed by atoms with Gasteiger partial charge in [-0.05, 0) is 42.7 Å². The van der Waals surface area contributed by atoms with Crippen LogP contribution < -0.4 is 10.5 Å². The van der Waals surface area contributed by atoms with Crippen LogP contribution in [0.15, 0.2) is 42.5 Å². The Labute approximate surface area is 174 Å². The lowest BCUT2D eigenvalue weighted by Gasteiger charge is -2.14. The van der Waals surface area contributed by atoms with Crippen LogP contribution in [0.25, 0.3) is 22.4 Å². The van der Waals surface area contributed by atoms with Gasteiger partial charge >= 0.3 is 5.97 Å². The first kappa shape index (κ1) is 21.0. The minimum absolute atomic E-state index is 0.142. The first-order chi connectivity index (χ1) is 14.3. The first-order valence-electron chi connectivity index (χ1n) is 9.33. The van der Waals surface area contributed by atoms with Crippen molar-refractivity contribution in [3.05, 3.63) is 65.1 Å². The molecule has 1 aromatic heterocycles. The summed E-state index contributed by atoms with van der Waals surface area (Å²) in [5, 5.41) is 0. The van der Waals surface area contributed by atoms with Crippen LogP contribution in [0, 0.1) is 13.8 Å². The van der Waals surface area contributed by atoms with Crippen molar-refractivity contribution in [1.82, 2.24) is 9.97 Å². The molecule has 0 atom stereocenters. The van der Waals surface area contributed by atoms with E-state index in [0.29, 0.717) is 22.8 Å². The Hall–Kier alpha value is -3.74. The number of hydrogen-bond donors (Lipinski definition) is 1. The molecule has 0 saturated carbocycles. The van der Waals surface area contributed by atoms with E-state index in [1.807, 2.05) is 49.4 Å². The van der Waals surface area contributed by atoms with Crippen LogP contribution in [0.5, 0.6) is 5.75 Å². The van der Waals surface area contributed by atoms with Crippen molar-refractivity contribution >= 4 is 11.9 Å². The van der Waals surface area contributed by atoms with Crippen molar-refractivity contribution in [2.45, 2.75) is 20.3 Å². The van der Waals surface area contributed by atoms with E-state index in [-0.39, 0.29) is 18.1 Å². The van der Waals surface area contributed by atoms with E-state index in [4.69, 9.17) is 15.2 Å². The summed E-state index contributed by atoms with van der Waals surface area (Å²) < 4.78 is 10.3. The Bertz CT molecular complexity index is 1110. The normalized spacial score (nSPS) is 10.5. The van der Waals surface area contributed by atoms with Gasteiger partial charge in [0.05, 0.1) is 37.7 Å². The molecule has 7 nitrogen and oxygen atoms in total. The average Bonchev–Trinajstić information content (AvgIpc) is 2.73. The molecule has 1 heterocycles. The number of carbonyl (C=O) groups excluding carboxylic acids is 2. The number of benzene rings is 2. The maximum Gasteiger partial charge on any atom is 0.309 e. The highest BCUT2D eigenvalue weighted by atomic mass is 16.5. The lowest BCUT2D eigenvalue weighted by atomic mass is 9.99. The largest absolute Gasteiger partial charge is 0.496 e. The highest BCUT2D eigenvalue weighted by molar-refractivity contribution is 5.92. The summed E-state index contributed by atoms with van der Waals surface area (Å²) in [5.74, 6) is -0.301. The molecule has 154 valence electrons. The molecule has 30 heavy (non-hydrogen) atoms. The Balaban J connectivity index is 1.99. The number of nitrogens with zero attached hydrogens (tertiary/aromatic N) is 2. The van der Waals surface area contributed by atoms with Crippen molar-refractivity contribution in [1.29, 1.82) is 0 Å². The van der Waals surface area contributed by atoms with E-state index in [9.17, 15) is 9.59 Å². The zero-order valence-electron chi connectivity index (χ0n) is 17.4. The van der Waals surface area contributed by atoms with Gasteiger partial charge in [0.1, 0.15) is 11.4 Å². The zero-order chi connectivity index (χ0) is 21.8. The standard InChI is InChI=1S/C23H23N3O4/c1-13-21(26-22(23(24)28)14(2)25-13)18-10-9-17(12-19(18)29-3)16-7-5-15(6-8-16)11-20(27)30-4/h5-10,12H,11H2,1-4H3,(H2,24,28). The number of aryl methyl sites for hydroxylation is 2. The minimum Gasteiger partial charge on any atom is -0.496 e. The van der Waals surface area contributed by atoms with E-state index in [2.05, 4.69) is 9.97 Å². The highest BCUT2D eigenvalue weighted by Crippen LogP contribution is 2.34. The van der Waals surface area contributed by atoms with Gasteiger partial charge in [0.25, 0.3) is 5.91 Å². The van der Waals surface area contributed by atoms with Gasteiger partial charge in [-0.1, -0.05) is 30.3 Å². The maximum atomic E-state index is 11.7. The molecule has 0 fully saturated rings. The molecule has 0 aliphatic heterocycles. The van der Waals surface area contributed by atoms with Crippen molar-refractivity contribution < 1.29 is 19.1 Å². The smallest absolute Gasteiger partial charge is 0.309 e. The first-order valence-corrected chi connectivity index (χ1v) is 9.33. The number of aromatic nitrogens is 2. The van der Waals surface area contributed by atoms with E-state index in [1.165, 1.54) is 7.11 Å². The molecule has 1 amide bonds. The molecule has 0 spiro atoms. The molecule has 0 bridgehead atoms. The summed E-state index contributed by atoms with van der Waals surface area (Å²) in [5.41, 5.74) is 10.8. The number of primary amides is 1. The van der Waals surface area contributed by atoms with Gasteiger partial charge in [0, 0.05) is 5.56 Å². The van der Waals surface area contributed by atoms with Crippen molar-refractivity contribution in [3.63, 3.8) is 0 Å². The Morgan fingerprint density at radius 3 is 2.20 bits per heavy atom. The van der Waals surface area contributed by atoms with Gasteiger partial charge in [-0.3, -0.25) is 14.6 Å². The number of rotatable bonds is 6. The molecule has 0 aliphatic rings. The second kappa shape index (κ2) is 8.73. The third-order valence-electron chi connectivity index (χ3n) is 4.80. The molecule has 0 unspecified atom stereocenters. The second-order valence-electron chi connectivity index (χ2n) is 6.82. The number of hydrogen-bond acceptors (Lipinski definition) is 6. The number of carbonyl (C=O) groups is 2. The van der Waals surface area contributed by atoms with E-state index in [0.717, 1.165) is 22.3 Å². The summed E-state index contributed by atoms with van der Waals surface area (Å²) in [6.45, 7) is 3.53. The van der Waals surface area contributed by atoms with Crippen molar-refractivity contribution in [2.24, 2.45) is 5.73 Å². The third kappa shape index (κ3) is 4.30. The van der Waals surface area contributed by atoms with Crippen LogP contribution in [-0.4, -0.2) is 36.1 Å². The molecular formula is C23H23N3O4. The van der Waals surface area contributed by atoms with Gasteiger partial charge in [-0.2, -0.15) is 0 Å². The minimum atomic E-state index is -0.621. The van der Waals surface area contributed by atoms with E-state index in [1.54, 1.807) is 14.0 Å². The summed E-state index contributed by atoms with van der Waals surface area (Å²) in [6, 6.07) is 13.4.